The molecule has 0 aliphatic rings. The minimum Gasteiger partial charge on any atom is -0.352 e. The summed E-state index contributed by atoms with van der Waals surface area (Å²) in [4.78, 5) is 4.01. The van der Waals surface area contributed by atoms with Crippen molar-refractivity contribution in [2.45, 2.75) is 13.0 Å². The predicted octanol–water partition coefficient (Wildman–Crippen LogP) is 4.47. The van der Waals surface area contributed by atoms with Crippen LogP contribution < -0.4 is 10.6 Å². The first-order valence-electron chi connectivity index (χ1n) is 7.81. The maximum absolute atomic E-state index is 5.50. The van der Waals surface area contributed by atoms with Crippen LogP contribution in [0.15, 0.2) is 79.1 Å². The summed E-state index contributed by atoms with van der Waals surface area (Å²) in [7, 11) is 0. The highest BCUT2D eigenvalue weighted by Crippen LogP contribution is 2.22. The molecule has 4 heteroatoms. The number of rotatable bonds is 4. The van der Waals surface area contributed by atoms with Gasteiger partial charge in [0.2, 0.25) is 0 Å². The second kappa shape index (κ2) is 7.70. The van der Waals surface area contributed by atoms with Gasteiger partial charge in [0.15, 0.2) is 5.11 Å². The van der Waals surface area contributed by atoms with Gasteiger partial charge < -0.3 is 10.6 Å². The van der Waals surface area contributed by atoms with Gasteiger partial charge in [-0.1, -0.05) is 60.2 Å². The standard InChI is InChI=1S/C20H19N3S/c1-15-7-9-17(10-8-15)19(16-5-3-2-4-6-16)23-20(24)22-18-11-13-21-14-12-18/h2-14,19H,1H3,(H2,21,22,23,24)/t19-/m1/s1. The molecule has 0 amide bonds. The summed E-state index contributed by atoms with van der Waals surface area (Å²) in [5.41, 5.74) is 4.49. The van der Waals surface area contributed by atoms with E-state index in [-0.39, 0.29) is 6.04 Å². The van der Waals surface area contributed by atoms with Crippen LogP contribution >= 0.6 is 12.2 Å². The number of pyridine rings is 1. The van der Waals surface area contributed by atoms with Crippen LogP contribution in [0.3, 0.4) is 0 Å². The first kappa shape index (κ1) is 16.1. The highest BCUT2D eigenvalue weighted by molar-refractivity contribution is 7.80. The van der Waals surface area contributed by atoms with Crippen LogP contribution in [0, 0.1) is 6.92 Å². The number of aromatic nitrogens is 1. The average molecular weight is 333 g/mol. The molecular weight excluding hydrogens is 314 g/mol. The second-order valence-corrected chi connectivity index (χ2v) is 6.00. The third-order valence-electron chi connectivity index (χ3n) is 3.76. The van der Waals surface area contributed by atoms with Crippen LogP contribution in [0.2, 0.25) is 0 Å². The smallest absolute Gasteiger partial charge is 0.171 e. The van der Waals surface area contributed by atoms with Gasteiger partial charge in [-0.25, -0.2) is 0 Å². The van der Waals surface area contributed by atoms with Gasteiger partial charge in [0.05, 0.1) is 6.04 Å². The van der Waals surface area contributed by atoms with E-state index in [1.54, 1.807) is 12.4 Å². The normalized spacial score (nSPS) is 11.5. The monoisotopic (exact) mass is 333 g/mol. The molecule has 24 heavy (non-hydrogen) atoms. The van der Waals surface area contributed by atoms with Gasteiger partial charge in [0.1, 0.15) is 0 Å². The van der Waals surface area contributed by atoms with Crippen LogP contribution in [0.1, 0.15) is 22.7 Å². The molecule has 1 heterocycles. The zero-order valence-corrected chi connectivity index (χ0v) is 14.3. The first-order chi connectivity index (χ1) is 11.7. The fourth-order valence-electron chi connectivity index (χ4n) is 2.50. The summed E-state index contributed by atoms with van der Waals surface area (Å²) >= 11 is 5.50. The largest absolute Gasteiger partial charge is 0.352 e. The van der Waals surface area contributed by atoms with Gasteiger partial charge in [0.25, 0.3) is 0 Å². The van der Waals surface area contributed by atoms with Crippen molar-refractivity contribution < 1.29 is 0 Å². The summed E-state index contributed by atoms with van der Waals surface area (Å²) in [6, 6.07) is 22.6. The lowest BCUT2D eigenvalue weighted by Gasteiger charge is -2.22. The van der Waals surface area contributed by atoms with E-state index >= 15 is 0 Å². The van der Waals surface area contributed by atoms with E-state index in [2.05, 4.69) is 58.9 Å². The van der Waals surface area contributed by atoms with Crippen molar-refractivity contribution in [1.29, 1.82) is 0 Å². The molecule has 0 bridgehead atoms. The highest BCUT2D eigenvalue weighted by atomic mass is 32.1. The zero-order chi connectivity index (χ0) is 16.8. The Morgan fingerprint density at radius 1 is 0.875 bits per heavy atom. The number of nitrogens with zero attached hydrogens (tertiary/aromatic N) is 1. The zero-order valence-electron chi connectivity index (χ0n) is 13.4. The maximum atomic E-state index is 5.50. The molecule has 3 nitrogen and oxygen atoms in total. The van der Waals surface area contributed by atoms with E-state index < -0.39 is 0 Å². The Labute approximate surface area is 147 Å². The molecule has 2 aromatic carbocycles. The summed E-state index contributed by atoms with van der Waals surface area (Å²) < 4.78 is 0. The predicted molar refractivity (Wildman–Crippen MR) is 103 cm³/mol. The van der Waals surface area contributed by atoms with E-state index in [0.717, 1.165) is 5.69 Å². The molecule has 120 valence electrons. The lowest BCUT2D eigenvalue weighted by Crippen LogP contribution is -2.33. The topological polar surface area (TPSA) is 37.0 Å². The second-order valence-electron chi connectivity index (χ2n) is 5.59. The molecule has 0 unspecified atom stereocenters. The SMILES string of the molecule is Cc1ccc([C@H](NC(=S)Nc2ccncc2)c2ccccc2)cc1. The first-order valence-corrected chi connectivity index (χ1v) is 8.22. The van der Waals surface area contributed by atoms with Crippen LogP contribution in [-0.4, -0.2) is 10.1 Å². The van der Waals surface area contributed by atoms with Crippen molar-refractivity contribution in [3.05, 3.63) is 95.8 Å². The quantitative estimate of drug-likeness (QED) is 0.691. The van der Waals surface area contributed by atoms with E-state index in [1.807, 2.05) is 30.3 Å². The minimum absolute atomic E-state index is 0.00589. The molecular formula is C20H19N3S. The van der Waals surface area contributed by atoms with Gasteiger partial charge >= 0.3 is 0 Å². The Bertz CT molecular complexity index is 786. The molecule has 0 saturated heterocycles. The highest BCUT2D eigenvalue weighted by Gasteiger charge is 2.15. The van der Waals surface area contributed by atoms with Gasteiger partial charge in [-0.05, 0) is 42.4 Å². The number of hydrogen-bond donors (Lipinski definition) is 2. The fourth-order valence-corrected chi connectivity index (χ4v) is 2.73. The molecule has 0 fully saturated rings. The Kier molecular flexibility index (Phi) is 5.18. The third kappa shape index (κ3) is 4.18. The van der Waals surface area contributed by atoms with Crippen molar-refractivity contribution >= 4 is 23.0 Å². The van der Waals surface area contributed by atoms with Crippen LogP contribution in [-0.2, 0) is 0 Å². The number of benzene rings is 2. The Morgan fingerprint density at radius 2 is 1.50 bits per heavy atom. The molecule has 3 aromatic rings. The average Bonchev–Trinajstić information content (AvgIpc) is 2.62. The Balaban J connectivity index is 1.82. The molecule has 0 aliphatic heterocycles. The number of aryl methyl sites for hydroxylation is 1. The molecule has 0 spiro atoms. The van der Waals surface area contributed by atoms with E-state index in [4.69, 9.17) is 12.2 Å². The lowest BCUT2D eigenvalue weighted by atomic mass is 9.98. The summed E-state index contributed by atoms with van der Waals surface area (Å²) in [6.07, 6.45) is 3.47. The minimum atomic E-state index is -0.00589. The van der Waals surface area contributed by atoms with E-state index in [9.17, 15) is 0 Å². The van der Waals surface area contributed by atoms with E-state index in [1.165, 1.54) is 16.7 Å². The van der Waals surface area contributed by atoms with Gasteiger partial charge in [-0.2, -0.15) is 0 Å². The van der Waals surface area contributed by atoms with Crippen molar-refractivity contribution in [3.63, 3.8) is 0 Å². The molecule has 0 radical (unpaired) electrons. The fraction of sp³-hybridized carbons (Fsp3) is 0.100. The number of nitrogens with one attached hydrogen (secondary N) is 2. The van der Waals surface area contributed by atoms with Crippen molar-refractivity contribution in [1.82, 2.24) is 10.3 Å². The Morgan fingerprint density at radius 3 is 2.17 bits per heavy atom. The van der Waals surface area contributed by atoms with E-state index in [0.29, 0.717) is 5.11 Å². The van der Waals surface area contributed by atoms with Crippen LogP contribution in [0.5, 0.6) is 0 Å². The summed E-state index contributed by atoms with van der Waals surface area (Å²) in [5, 5.41) is 7.20. The molecule has 3 rings (SSSR count). The number of anilines is 1. The molecule has 1 atom stereocenters. The molecule has 0 aliphatic carbocycles. The van der Waals surface area contributed by atoms with Gasteiger partial charge in [-0.15, -0.1) is 0 Å². The number of thiocarbonyl (C=S) groups is 1. The summed E-state index contributed by atoms with van der Waals surface area (Å²) in [6.45, 7) is 2.09. The summed E-state index contributed by atoms with van der Waals surface area (Å²) in [5.74, 6) is 0. The van der Waals surface area contributed by atoms with Crippen molar-refractivity contribution in [2.24, 2.45) is 0 Å². The maximum Gasteiger partial charge on any atom is 0.171 e. The number of hydrogen-bond acceptors (Lipinski definition) is 2. The van der Waals surface area contributed by atoms with Gasteiger partial charge in [0, 0.05) is 18.1 Å². The molecule has 2 N–H and O–H groups in total. The van der Waals surface area contributed by atoms with Crippen LogP contribution in [0.25, 0.3) is 0 Å². The lowest BCUT2D eigenvalue weighted by molar-refractivity contribution is 0.768. The third-order valence-corrected chi connectivity index (χ3v) is 3.98. The molecule has 1 aromatic heterocycles. The van der Waals surface area contributed by atoms with Crippen LogP contribution in [0.4, 0.5) is 5.69 Å². The van der Waals surface area contributed by atoms with Crippen molar-refractivity contribution in [2.75, 3.05) is 5.32 Å². The van der Waals surface area contributed by atoms with Crippen molar-refractivity contribution in [3.8, 4) is 0 Å². The Hall–Kier alpha value is -2.72. The molecule has 0 saturated carbocycles. The van der Waals surface area contributed by atoms with Gasteiger partial charge in [-0.3, -0.25) is 4.98 Å².